The van der Waals surface area contributed by atoms with Crippen molar-refractivity contribution in [3.8, 4) is 0 Å². The van der Waals surface area contributed by atoms with E-state index in [2.05, 4.69) is 4.98 Å². The van der Waals surface area contributed by atoms with Crippen molar-refractivity contribution in [1.29, 1.82) is 0 Å². The summed E-state index contributed by atoms with van der Waals surface area (Å²) in [5, 5.41) is 0. The number of nitrogens with zero attached hydrogens (tertiary/aromatic N) is 2. The molecule has 0 saturated carbocycles. The van der Waals surface area contributed by atoms with Crippen LogP contribution in [0, 0.1) is 0 Å². The van der Waals surface area contributed by atoms with Crippen LogP contribution in [0.2, 0.25) is 0 Å². The first kappa shape index (κ1) is 13.7. The number of hydrogen-bond donors (Lipinski definition) is 0. The van der Waals surface area contributed by atoms with Crippen LogP contribution >= 0.6 is 0 Å². The minimum absolute atomic E-state index is 0.158. The molecule has 3 nitrogen and oxygen atoms in total. The molecule has 1 atom stereocenters. The first-order valence-electron chi connectivity index (χ1n) is 6.70. The summed E-state index contributed by atoms with van der Waals surface area (Å²) in [5.74, 6) is -4.76. The number of carbonyl (C=O) groups excluding carboxylic acids is 1. The van der Waals surface area contributed by atoms with Crippen LogP contribution in [0.5, 0.6) is 0 Å². The van der Waals surface area contributed by atoms with Crippen LogP contribution in [-0.4, -0.2) is 15.8 Å². The number of amides is 1. The van der Waals surface area contributed by atoms with Crippen LogP contribution in [0.3, 0.4) is 0 Å². The molecule has 1 aliphatic heterocycles. The van der Waals surface area contributed by atoms with E-state index in [1.807, 2.05) is 30.3 Å². The summed E-state index contributed by atoms with van der Waals surface area (Å²) in [6, 6.07) is 11.9. The molecule has 0 aliphatic carbocycles. The Kier molecular flexibility index (Phi) is 3.20. The summed E-state index contributed by atoms with van der Waals surface area (Å²) in [6.45, 7) is 1.90. The maximum atomic E-state index is 14.3. The Morgan fingerprint density at radius 2 is 1.90 bits per heavy atom. The lowest BCUT2D eigenvalue weighted by atomic mass is 9.94. The fourth-order valence-electron chi connectivity index (χ4n) is 2.63. The molecule has 0 saturated heterocycles. The Labute approximate surface area is 121 Å². The lowest BCUT2D eigenvalue weighted by molar-refractivity contribution is -0.166. The normalized spacial score (nSPS) is 20.2. The molecule has 0 radical (unpaired) electrons. The predicted molar refractivity (Wildman–Crippen MR) is 73.5 cm³/mol. The van der Waals surface area contributed by atoms with Crippen molar-refractivity contribution >= 4 is 5.91 Å². The average molecular weight is 288 g/mol. The van der Waals surface area contributed by atoms with Crippen molar-refractivity contribution in [2.45, 2.75) is 25.4 Å². The molecule has 0 N–H and O–H groups in total. The molecular weight excluding hydrogens is 274 g/mol. The molecule has 1 aromatic heterocycles. The summed E-state index contributed by atoms with van der Waals surface area (Å²) >= 11 is 0. The number of hydrogen-bond acceptors (Lipinski definition) is 2. The second kappa shape index (κ2) is 4.91. The van der Waals surface area contributed by atoms with E-state index in [-0.39, 0.29) is 6.54 Å². The van der Waals surface area contributed by atoms with Gasteiger partial charge in [0, 0.05) is 18.3 Å². The van der Waals surface area contributed by atoms with Gasteiger partial charge in [-0.05, 0) is 18.6 Å². The number of rotatable bonds is 2. The van der Waals surface area contributed by atoms with Gasteiger partial charge in [0.05, 0.1) is 6.04 Å². The molecule has 0 fully saturated rings. The molecule has 1 amide bonds. The highest BCUT2D eigenvalue weighted by atomic mass is 19.3. The zero-order valence-electron chi connectivity index (χ0n) is 11.5. The van der Waals surface area contributed by atoms with Crippen LogP contribution < -0.4 is 0 Å². The van der Waals surface area contributed by atoms with Gasteiger partial charge in [-0.15, -0.1) is 0 Å². The smallest absolute Gasteiger partial charge is 0.326 e. The number of halogens is 2. The zero-order valence-corrected chi connectivity index (χ0v) is 11.5. The van der Waals surface area contributed by atoms with Gasteiger partial charge in [0.1, 0.15) is 5.69 Å². The highest BCUT2D eigenvalue weighted by Crippen LogP contribution is 2.41. The fraction of sp³-hybridized carbons (Fsp3) is 0.250. The number of aromatic nitrogens is 1. The van der Waals surface area contributed by atoms with E-state index in [0.29, 0.717) is 5.56 Å². The summed E-state index contributed by atoms with van der Waals surface area (Å²) in [4.78, 5) is 17.1. The van der Waals surface area contributed by atoms with Gasteiger partial charge >= 0.3 is 5.92 Å². The van der Waals surface area contributed by atoms with Crippen LogP contribution in [0.15, 0.2) is 48.7 Å². The predicted octanol–water partition coefficient (Wildman–Crippen LogP) is 3.28. The van der Waals surface area contributed by atoms with E-state index in [1.54, 1.807) is 19.1 Å². The minimum Gasteiger partial charge on any atom is -0.326 e. The first-order valence-corrected chi connectivity index (χ1v) is 6.70. The molecule has 0 bridgehead atoms. The van der Waals surface area contributed by atoms with E-state index < -0.39 is 23.6 Å². The van der Waals surface area contributed by atoms with Gasteiger partial charge < -0.3 is 4.90 Å². The van der Waals surface area contributed by atoms with E-state index in [4.69, 9.17) is 0 Å². The third kappa shape index (κ3) is 2.18. The number of fused-ring (bicyclic) bond motifs is 1. The van der Waals surface area contributed by atoms with Crippen LogP contribution in [0.1, 0.15) is 29.8 Å². The lowest BCUT2D eigenvalue weighted by Gasteiger charge is -2.38. The monoisotopic (exact) mass is 288 g/mol. The molecule has 1 aliphatic rings. The number of carbonyl (C=O) groups is 1. The molecule has 1 aromatic carbocycles. The van der Waals surface area contributed by atoms with Gasteiger partial charge in [-0.25, -0.2) is 0 Å². The highest BCUT2D eigenvalue weighted by molar-refractivity contribution is 5.87. The van der Waals surface area contributed by atoms with Crippen molar-refractivity contribution in [3.63, 3.8) is 0 Å². The third-order valence-electron chi connectivity index (χ3n) is 3.78. The Balaban J connectivity index is 2.02. The number of pyridine rings is 1. The maximum absolute atomic E-state index is 14.3. The molecule has 0 spiro atoms. The van der Waals surface area contributed by atoms with Gasteiger partial charge in [0.2, 0.25) is 0 Å². The Morgan fingerprint density at radius 1 is 1.19 bits per heavy atom. The third-order valence-corrected chi connectivity index (χ3v) is 3.78. The van der Waals surface area contributed by atoms with Crippen LogP contribution in [-0.2, 0) is 17.3 Å². The highest BCUT2D eigenvalue weighted by Gasteiger charge is 2.52. The average Bonchev–Trinajstić information content (AvgIpc) is 2.51. The SMILES string of the molecule is CC1c2cccnc2C(F)(F)C(=O)N1Cc1ccccc1. The molecule has 5 heteroatoms. The van der Waals surface area contributed by atoms with Crippen LogP contribution in [0.4, 0.5) is 8.78 Å². The maximum Gasteiger partial charge on any atom is 0.366 e. The van der Waals surface area contributed by atoms with E-state index in [9.17, 15) is 13.6 Å². The van der Waals surface area contributed by atoms with Crippen molar-refractivity contribution in [3.05, 3.63) is 65.5 Å². The number of alkyl halides is 2. The Bertz CT molecular complexity index is 673. The summed E-state index contributed by atoms with van der Waals surface area (Å²) in [7, 11) is 0. The summed E-state index contributed by atoms with van der Waals surface area (Å²) < 4.78 is 28.5. The molecule has 3 rings (SSSR count). The Hall–Kier alpha value is -2.30. The van der Waals surface area contributed by atoms with Gasteiger partial charge in [-0.1, -0.05) is 36.4 Å². The summed E-state index contributed by atoms with van der Waals surface area (Å²) in [6.07, 6.45) is 1.29. The van der Waals surface area contributed by atoms with Gasteiger partial charge in [-0.3, -0.25) is 9.78 Å². The zero-order chi connectivity index (χ0) is 15.0. The summed E-state index contributed by atoms with van der Waals surface area (Å²) in [5.41, 5.74) is 0.797. The fourth-order valence-corrected chi connectivity index (χ4v) is 2.63. The molecule has 2 heterocycles. The molecule has 108 valence electrons. The topological polar surface area (TPSA) is 33.2 Å². The lowest BCUT2D eigenvalue weighted by Crippen LogP contribution is -2.48. The van der Waals surface area contributed by atoms with Gasteiger partial charge in [0.25, 0.3) is 5.91 Å². The first-order chi connectivity index (χ1) is 10.0. The van der Waals surface area contributed by atoms with Crippen molar-refractivity contribution in [2.75, 3.05) is 0 Å². The largest absolute Gasteiger partial charge is 0.366 e. The standard InChI is InChI=1S/C16H14F2N2O/c1-11-13-8-5-9-19-14(13)16(17,18)15(21)20(11)10-12-6-3-2-4-7-12/h2-9,11H,10H2,1H3. The van der Waals surface area contributed by atoms with E-state index in [0.717, 1.165) is 5.56 Å². The van der Waals surface area contributed by atoms with Gasteiger partial charge in [-0.2, -0.15) is 8.78 Å². The molecule has 1 unspecified atom stereocenters. The molecular formula is C16H14F2N2O. The van der Waals surface area contributed by atoms with Crippen LogP contribution in [0.25, 0.3) is 0 Å². The van der Waals surface area contributed by atoms with Gasteiger partial charge in [0.15, 0.2) is 0 Å². The second-order valence-corrected chi connectivity index (χ2v) is 5.11. The van der Waals surface area contributed by atoms with E-state index in [1.165, 1.54) is 11.1 Å². The van der Waals surface area contributed by atoms with E-state index >= 15 is 0 Å². The molecule has 21 heavy (non-hydrogen) atoms. The van der Waals surface area contributed by atoms with Crippen molar-refractivity contribution < 1.29 is 13.6 Å². The Morgan fingerprint density at radius 3 is 2.62 bits per heavy atom. The van der Waals surface area contributed by atoms with Crippen molar-refractivity contribution in [1.82, 2.24) is 9.88 Å². The quantitative estimate of drug-likeness (QED) is 0.849. The molecule has 2 aromatic rings. The second-order valence-electron chi connectivity index (χ2n) is 5.11. The minimum atomic E-state index is -3.57. The number of benzene rings is 1. The van der Waals surface area contributed by atoms with Crippen molar-refractivity contribution in [2.24, 2.45) is 0 Å².